The monoisotopic (exact) mass is 428 g/mol. The van der Waals surface area contributed by atoms with E-state index >= 15 is 0 Å². The van der Waals surface area contributed by atoms with Crippen molar-refractivity contribution in [2.24, 2.45) is 0 Å². The minimum absolute atomic E-state index is 0.0135. The molecule has 9 heteroatoms. The summed E-state index contributed by atoms with van der Waals surface area (Å²) in [6, 6.07) is 13.3. The lowest BCUT2D eigenvalue weighted by Gasteiger charge is -2.22. The van der Waals surface area contributed by atoms with Gasteiger partial charge in [0.15, 0.2) is 4.34 Å². The van der Waals surface area contributed by atoms with Gasteiger partial charge in [0.05, 0.1) is 5.75 Å². The number of carbonyl (C=O) groups is 2. The molecule has 1 aromatic heterocycles. The summed E-state index contributed by atoms with van der Waals surface area (Å²) < 4.78 is 13.6. The Balaban J connectivity index is 1.35. The molecule has 6 nitrogen and oxygen atoms in total. The molecule has 0 bridgehead atoms. The highest BCUT2D eigenvalue weighted by Crippen LogP contribution is 2.33. The van der Waals surface area contributed by atoms with Crippen molar-refractivity contribution in [2.45, 2.75) is 23.7 Å². The molecule has 1 aliphatic heterocycles. The molecule has 2 heterocycles. The van der Waals surface area contributed by atoms with Crippen molar-refractivity contribution >= 4 is 45.7 Å². The molecule has 0 saturated heterocycles. The minimum atomic E-state index is -0.407. The van der Waals surface area contributed by atoms with Gasteiger partial charge in [-0.3, -0.25) is 14.9 Å². The summed E-state index contributed by atoms with van der Waals surface area (Å²) in [5.74, 6) is -0.550. The summed E-state index contributed by atoms with van der Waals surface area (Å²) in [5.41, 5.74) is 2.47. The van der Waals surface area contributed by atoms with Crippen molar-refractivity contribution in [3.63, 3.8) is 0 Å². The van der Waals surface area contributed by atoms with E-state index in [2.05, 4.69) is 15.5 Å². The van der Waals surface area contributed by atoms with E-state index in [0.717, 1.165) is 12.1 Å². The molecular formula is C20H17FN4O2S2. The molecule has 0 radical (unpaired) electrons. The number of halogens is 1. The first-order valence-corrected chi connectivity index (χ1v) is 10.7. The van der Waals surface area contributed by atoms with Gasteiger partial charge in [0.25, 0.3) is 5.91 Å². The smallest absolute Gasteiger partial charge is 0.257 e. The summed E-state index contributed by atoms with van der Waals surface area (Å²) >= 11 is 2.48. The highest BCUT2D eigenvalue weighted by Gasteiger charge is 2.30. The molecule has 0 spiro atoms. The molecule has 2 aromatic carbocycles. The van der Waals surface area contributed by atoms with E-state index in [1.54, 1.807) is 0 Å². The molecule has 2 amide bonds. The van der Waals surface area contributed by atoms with Gasteiger partial charge in [-0.15, -0.1) is 10.2 Å². The maximum atomic E-state index is 13.0. The molecule has 3 aromatic rings. The van der Waals surface area contributed by atoms with Gasteiger partial charge in [0, 0.05) is 17.3 Å². The summed E-state index contributed by atoms with van der Waals surface area (Å²) in [5, 5.41) is 10.9. The Morgan fingerprint density at radius 1 is 1.21 bits per heavy atom. The molecule has 1 aliphatic rings. The lowest BCUT2D eigenvalue weighted by atomic mass is 10.1. The largest absolute Gasteiger partial charge is 0.308 e. The number of hydrogen-bond acceptors (Lipinski definition) is 6. The summed E-state index contributed by atoms with van der Waals surface area (Å²) in [6.45, 7) is 2.04. The number of rotatable bonds is 5. The van der Waals surface area contributed by atoms with Crippen LogP contribution >= 0.6 is 23.1 Å². The first-order valence-electron chi connectivity index (χ1n) is 8.94. The summed E-state index contributed by atoms with van der Waals surface area (Å²) in [6.07, 6.45) is 0.852. The quantitative estimate of drug-likeness (QED) is 0.491. The number of benzene rings is 2. The molecular weight excluding hydrogens is 411 g/mol. The van der Waals surface area contributed by atoms with E-state index in [0.29, 0.717) is 15.0 Å². The van der Waals surface area contributed by atoms with Crippen LogP contribution in [-0.4, -0.2) is 33.8 Å². The predicted octanol–water partition coefficient (Wildman–Crippen LogP) is 4.00. The van der Waals surface area contributed by atoms with Gasteiger partial charge >= 0.3 is 0 Å². The van der Waals surface area contributed by atoms with E-state index in [1.165, 1.54) is 52.9 Å². The standard InChI is InChI=1S/C20H17FN4O2S2/c1-12-10-14-4-2-3-5-16(14)25(12)17(26)11-28-20-24-23-19(29-20)22-18(27)13-6-8-15(21)9-7-13/h2-9,12H,10-11H2,1H3,(H,22,23,27)/t12-/m1/s1. The SMILES string of the molecule is C[C@@H]1Cc2ccccc2N1C(=O)CSc1nnc(NC(=O)c2ccc(F)cc2)s1. The van der Waals surface area contributed by atoms with Crippen molar-refractivity contribution in [3.8, 4) is 0 Å². The molecule has 0 aliphatic carbocycles. The second kappa shape index (κ2) is 8.30. The van der Waals surface area contributed by atoms with Gasteiger partial charge < -0.3 is 4.90 Å². The Morgan fingerprint density at radius 2 is 1.97 bits per heavy atom. The Hall–Kier alpha value is -2.78. The van der Waals surface area contributed by atoms with Gasteiger partial charge in [0.1, 0.15) is 5.82 Å². The van der Waals surface area contributed by atoms with Crippen molar-refractivity contribution in [1.82, 2.24) is 10.2 Å². The molecule has 1 atom stereocenters. The van der Waals surface area contributed by atoms with Gasteiger partial charge in [-0.2, -0.15) is 0 Å². The normalized spacial score (nSPS) is 15.2. The van der Waals surface area contributed by atoms with E-state index in [9.17, 15) is 14.0 Å². The first-order chi connectivity index (χ1) is 14.0. The Morgan fingerprint density at radius 3 is 2.76 bits per heavy atom. The maximum absolute atomic E-state index is 13.0. The third-order valence-electron chi connectivity index (χ3n) is 4.53. The van der Waals surface area contributed by atoms with Crippen LogP contribution in [0.3, 0.4) is 0 Å². The number of nitrogens with zero attached hydrogens (tertiary/aromatic N) is 3. The van der Waals surface area contributed by atoms with E-state index in [4.69, 9.17) is 0 Å². The number of aromatic nitrogens is 2. The number of carbonyl (C=O) groups excluding carboxylic acids is 2. The van der Waals surface area contributed by atoms with Crippen LogP contribution in [0.5, 0.6) is 0 Å². The zero-order chi connectivity index (χ0) is 20.4. The van der Waals surface area contributed by atoms with Crippen LogP contribution in [0.15, 0.2) is 52.9 Å². The van der Waals surface area contributed by atoms with Gasteiger partial charge in [0.2, 0.25) is 11.0 Å². The highest BCUT2D eigenvalue weighted by molar-refractivity contribution is 8.01. The zero-order valence-corrected chi connectivity index (χ0v) is 17.1. The van der Waals surface area contributed by atoms with Crippen molar-refractivity contribution in [1.29, 1.82) is 0 Å². The first kappa shape index (κ1) is 19.5. The lowest BCUT2D eigenvalue weighted by molar-refractivity contribution is -0.116. The number of thioether (sulfide) groups is 1. The van der Waals surface area contributed by atoms with Crippen molar-refractivity contribution < 1.29 is 14.0 Å². The van der Waals surface area contributed by atoms with Crippen LogP contribution in [0.2, 0.25) is 0 Å². The Bertz CT molecular complexity index is 1050. The average molecular weight is 429 g/mol. The fraction of sp³-hybridized carbons (Fsp3) is 0.200. The number of fused-ring (bicyclic) bond motifs is 1. The molecule has 0 unspecified atom stereocenters. The Labute approximate surface area is 175 Å². The number of hydrogen-bond donors (Lipinski definition) is 1. The van der Waals surface area contributed by atoms with E-state index in [-0.39, 0.29) is 17.7 Å². The number of anilines is 2. The van der Waals surface area contributed by atoms with Crippen molar-refractivity contribution in [2.75, 3.05) is 16.0 Å². The lowest BCUT2D eigenvalue weighted by Crippen LogP contribution is -2.36. The summed E-state index contributed by atoms with van der Waals surface area (Å²) in [4.78, 5) is 26.7. The van der Waals surface area contributed by atoms with E-state index < -0.39 is 11.7 Å². The topological polar surface area (TPSA) is 75.2 Å². The number of amides is 2. The van der Waals surface area contributed by atoms with Crippen LogP contribution in [-0.2, 0) is 11.2 Å². The van der Waals surface area contributed by atoms with Gasteiger partial charge in [-0.05, 0) is 49.2 Å². The third kappa shape index (κ3) is 4.30. The molecule has 29 heavy (non-hydrogen) atoms. The molecule has 1 N–H and O–H groups in total. The minimum Gasteiger partial charge on any atom is -0.308 e. The second-order valence-corrected chi connectivity index (χ2v) is 8.77. The second-order valence-electron chi connectivity index (χ2n) is 6.57. The van der Waals surface area contributed by atoms with Crippen LogP contribution < -0.4 is 10.2 Å². The molecule has 0 fully saturated rings. The fourth-order valence-electron chi connectivity index (χ4n) is 3.23. The van der Waals surface area contributed by atoms with Gasteiger partial charge in [-0.25, -0.2) is 4.39 Å². The maximum Gasteiger partial charge on any atom is 0.257 e. The summed E-state index contributed by atoms with van der Waals surface area (Å²) in [7, 11) is 0. The molecule has 148 valence electrons. The highest BCUT2D eigenvalue weighted by atomic mass is 32.2. The fourth-order valence-corrected chi connectivity index (χ4v) is 4.83. The van der Waals surface area contributed by atoms with Crippen LogP contribution in [0.25, 0.3) is 0 Å². The van der Waals surface area contributed by atoms with E-state index in [1.807, 2.05) is 36.1 Å². The van der Waals surface area contributed by atoms with Gasteiger partial charge in [-0.1, -0.05) is 41.3 Å². The van der Waals surface area contributed by atoms with Crippen LogP contribution in [0, 0.1) is 5.82 Å². The molecule has 4 rings (SSSR count). The Kier molecular flexibility index (Phi) is 5.59. The number of nitrogens with one attached hydrogen (secondary N) is 1. The molecule has 0 saturated carbocycles. The third-order valence-corrected chi connectivity index (χ3v) is 6.49. The van der Waals surface area contributed by atoms with Crippen LogP contribution in [0.1, 0.15) is 22.8 Å². The van der Waals surface area contributed by atoms with Crippen molar-refractivity contribution in [3.05, 3.63) is 65.5 Å². The average Bonchev–Trinajstić information content (AvgIpc) is 3.29. The van der Waals surface area contributed by atoms with Crippen LogP contribution in [0.4, 0.5) is 15.2 Å². The zero-order valence-electron chi connectivity index (χ0n) is 15.5. The predicted molar refractivity (Wildman–Crippen MR) is 112 cm³/mol. The number of para-hydroxylation sites is 1.